The molecule has 0 saturated carbocycles. The second-order valence-corrected chi connectivity index (χ2v) is 6.61. The minimum atomic E-state index is 0.198. The molecule has 0 bridgehead atoms. The highest BCUT2D eigenvalue weighted by atomic mass is 16.6. The molecule has 2 aromatic carbocycles. The Morgan fingerprint density at radius 2 is 1.84 bits per heavy atom. The molecular formula is C21H23NO3. The Balaban J connectivity index is 1.45. The first-order valence-corrected chi connectivity index (χ1v) is 9.08. The van der Waals surface area contributed by atoms with Crippen LogP contribution in [0.5, 0.6) is 11.5 Å². The number of amides is 1. The first kappa shape index (κ1) is 16.0. The maximum Gasteiger partial charge on any atom is 0.227 e. The summed E-state index contributed by atoms with van der Waals surface area (Å²) in [6, 6.07) is 14.3. The maximum absolute atomic E-state index is 12.8. The molecule has 130 valence electrons. The van der Waals surface area contributed by atoms with Crippen molar-refractivity contribution in [2.24, 2.45) is 0 Å². The van der Waals surface area contributed by atoms with Gasteiger partial charge >= 0.3 is 0 Å². The van der Waals surface area contributed by atoms with Gasteiger partial charge in [-0.25, -0.2) is 0 Å². The predicted molar refractivity (Wildman–Crippen MR) is 97.5 cm³/mol. The highest BCUT2D eigenvalue weighted by molar-refractivity contribution is 5.94. The van der Waals surface area contributed by atoms with E-state index in [4.69, 9.17) is 9.47 Å². The van der Waals surface area contributed by atoms with Gasteiger partial charge in [-0.3, -0.25) is 4.79 Å². The number of para-hydroxylation sites is 1. The molecule has 0 radical (unpaired) electrons. The number of aryl methyl sites for hydroxylation is 2. The second-order valence-electron chi connectivity index (χ2n) is 6.61. The summed E-state index contributed by atoms with van der Waals surface area (Å²) >= 11 is 0. The molecule has 2 aliphatic heterocycles. The Bertz CT molecular complexity index is 771. The molecule has 25 heavy (non-hydrogen) atoms. The average molecular weight is 337 g/mol. The van der Waals surface area contributed by atoms with Gasteiger partial charge in [0.1, 0.15) is 13.2 Å². The molecule has 0 fully saturated rings. The third-order valence-electron chi connectivity index (χ3n) is 4.90. The summed E-state index contributed by atoms with van der Waals surface area (Å²) in [6.07, 6.45) is 4.48. The Morgan fingerprint density at radius 3 is 2.76 bits per heavy atom. The highest BCUT2D eigenvalue weighted by Gasteiger charge is 2.21. The molecule has 4 nitrogen and oxygen atoms in total. The van der Waals surface area contributed by atoms with E-state index in [0.717, 1.165) is 48.6 Å². The van der Waals surface area contributed by atoms with E-state index in [1.807, 2.05) is 29.2 Å². The van der Waals surface area contributed by atoms with Gasteiger partial charge in [-0.2, -0.15) is 0 Å². The van der Waals surface area contributed by atoms with Crippen LogP contribution in [-0.2, 0) is 17.6 Å². The lowest BCUT2D eigenvalue weighted by molar-refractivity contribution is -0.118. The molecule has 0 saturated heterocycles. The Kier molecular flexibility index (Phi) is 4.59. The van der Waals surface area contributed by atoms with Gasteiger partial charge in [-0.05, 0) is 55.0 Å². The molecular weight excluding hydrogens is 314 g/mol. The van der Waals surface area contributed by atoms with E-state index < -0.39 is 0 Å². The van der Waals surface area contributed by atoms with E-state index in [1.165, 1.54) is 5.56 Å². The fourth-order valence-corrected chi connectivity index (χ4v) is 3.58. The summed E-state index contributed by atoms with van der Waals surface area (Å²) in [6.45, 7) is 2.00. The number of benzene rings is 2. The van der Waals surface area contributed by atoms with Crippen LogP contribution in [0.25, 0.3) is 0 Å². The lowest BCUT2D eigenvalue weighted by atomic mass is 10.1. The zero-order valence-corrected chi connectivity index (χ0v) is 14.4. The normalized spacial score (nSPS) is 16.1. The largest absolute Gasteiger partial charge is 0.486 e. The quantitative estimate of drug-likeness (QED) is 0.856. The van der Waals surface area contributed by atoms with Gasteiger partial charge < -0.3 is 14.4 Å². The summed E-state index contributed by atoms with van der Waals surface area (Å²) in [7, 11) is 0. The van der Waals surface area contributed by atoms with Gasteiger partial charge in [0, 0.05) is 18.7 Å². The van der Waals surface area contributed by atoms with Crippen LogP contribution in [0, 0.1) is 0 Å². The highest BCUT2D eigenvalue weighted by Crippen LogP contribution is 2.31. The first-order chi connectivity index (χ1) is 12.3. The van der Waals surface area contributed by atoms with Crippen molar-refractivity contribution in [2.45, 2.75) is 32.1 Å². The lowest BCUT2D eigenvalue weighted by Crippen LogP contribution is -2.31. The van der Waals surface area contributed by atoms with E-state index in [-0.39, 0.29) is 5.91 Å². The van der Waals surface area contributed by atoms with Crippen molar-refractivity contribution in [3.63, 3.8) is 0 Å². The number of hydrogen-bond donors (Lipinski definition) is 0. The number of anilines is 1. The molecule has 0 aliphatic carbocycles. The van der Waals surface area contributed by atoms with Gasteiger partial charge in [-0.1, -0.05) is 24.3 Å². The van der Waals surface area contributed by atoms with Crippen LogP contribution in [0.15, 0.2) is 42.5 Å². The third-order valence-corrected chi connectivity index (χ3v) is 4.90. The van der Waals surface area contributed by atoms with Gasteiger partial charge in [0.2, 0.25) is 5.91 Å². The molecule has 0 aromatic heterocycles. The molecule has 0 spiro atoms. The summed E-state index contributed by atoms with van der Waals surface area (Å²) in [5, 5.41) is 0. The third kappa shape index (κ3) is 3.48. The van der Waals surface area contributed by atoms with E-state index in [0.29, 0.717) is 26.1 Å². The molecule has 0 atom stereocenters. The average Bonchev–Trinajstić information content (AvgIpc) is 2.88. The van der Waals surface area contributed by atoms with Crippen LogP contribution < -0.4 is 14.4 Å². The lowest BCUT2D eigenvalue weighted by Gasteiger charge is -2.23. The van der Waals surface area contributed by atoms with Crippen molar-refractivity contribution in [3.8, 4) is 11.5 Å². The monoisotopic (exact) mass is 337 g/mol. The topological polar surface area (TPSA) is 38.8 Å². The number of nitrogens with zero attached hydrogens (tertiary/aromatic N) is 1. The standard InChI is InChI=1S/C21H23NO3/c23-21(22-12-4-3-6-17-5-1-2-7-18(17)22)11-9-16-8-10-19-20(15-16)25-14-13-24-19/h1-2,5,7-8,10,15H,3-4,6,9,11-14H2. The molecule has 4 heteroatoms. The van der Waals surface area contributed by atoms with Crippen molar-refractivity contribution in [2.75, 3.05) is 24.7 Å². The smallest absolute Gasteiger partial charge is 0.227 e. The van der Waals surface area contributed by atoms with E-state index >= 15 is 0 Å². The van der Waals surface area contributed by atoms with Crippen molar-refractivity contribution in [1.82, 2.24) is 0 Å². The van der Waals surface area contributed by atoms with Gasteiger partial charge in [0.05, 0.1) is 0 Å². The van der Waals surface area contributed by atoms with Crippen LogP contribution in [0.2, 0.25) is 0 Å². The van der Waals surface area contributed by atoms with Crippen molar-refractivity contribution < 1.29 is 14.3 Å². The zero-order chi connectivity index (χ0) is 17.1. The van der Waals surface area contributed by atoms with Crippen LogP contribution in [0.4, 0.5) is 5.69 Å². The molecule has 0 unspecified atom stereocenters. The fraction of sp³-hybridized carbons (Fsp3) is 0.381. The van der Waals surface area contributed by atoms with Crippen LogP contribution in [0.1, 0.15) is 30.4 Å². The maximum atomic E-state index is 12.8. The molecule has 2 heterocycles. The Labute approximate surface area is 148 Å². The zero-order valence-electron chi connectivity index (χ0n) is 14.4. The first-order valence-electron chi connectivity index (χ1n) is 9.08. The van der Waals surface area contributed by atoms with E-state index in [9.17, 15) is 4.79 Å². The summed E-state index contributed by atoms with van der Waals surface area (Å²) in [5.74, 6) is 1.78. The predicted octanol–water partition coefficient (Wildman–Crippen LogP) is 3.76. The molecule has 0 N–H and O–H groups in total. The van der Waals surface area contributed by atoms with Crippen LogP contribution in [-0.4, -0.2) is 25.7 Å². The number of rotatable bonds is 3. The summed E-state index contributed by atoms with van der Waals surface area (Å²) in [5.41, 5.74) is 3.49. The Morgan fingerprint density at radius 1 is 1.00 bits per heavy atom. The molecule has 2 aliphatic rings. The van der Waals surface area contributed by atoms with E-state index in [2.05, 4.69) is 18.2 Å². The van der Waals surface area contributed by atoms with Crippen LogP contribution >= 0.6 is 0 Å². The van der Waals surface area contributed by atoms with E-state index in [1.54, 1.807) is 0 Å². The van der Waals surface area contributed by atoms with Gasteiger partial charge in [0.15, 0.2) is 11.5 Å². The van der Waals surface area contributed by atoms with Crippen LogP contribution in [0.3, 0.4) is 0 Å². The second kappa shape index (κ2) is 7.18. The van der Waals surface area contributed by atoms with Gasteiger partial charge in [-0.15, -0.1) is 0 Å². The number of carbonyl (C=O) groups excluding carboxylic acids is 1. The van der Waals surface area contributed by atoms with Gasteiger partial charge in [0.25, 0.3) is 0 Å². The minimum absolute atomic E-state index is 0.198. The number of carbonyl (C=O) groups is 1. The van der Waals surface area contributed by atoms with Crippen molar-refractivity contribution in [3.05, 3.63) is 53.6 Å². The van der Waals surface area contributed by atoms with Crippen molar-refractivity contribution in [1.29, 1.82) is 0 Å². The molecule has 4 rings (SSSR count). The SMILES string of the molecule is O=C(CCc1ccc2c(c1)OCCO2)N1CCCCc2ccccc21. The summed E-state index contributed by atoms with van der Waals surface area (Å²) in [4.78, 5) is 14.8. The molecule has 2 aromatic rings. The molecule has 1 amide bonds. The number of fused-ring (bicyclic) bond motifs is 2. The summed E-state index contributed by atoms with van der Waals surface area (Å²) < 4.78 is 11.2. The Hall–Kier alpha value is -2.49. The number of ether oxygens (including phenoxy) is 2. The fourth-order valence-electron chi connectivity index (χ4n) is 3.58. The van der Waals surface area contributed by atoms with Crippen molar-refractivity contribution >= 4 is 11.6 Å². The number of hydrogen-bond acceptors (Lipinski definition) is 3. The minimum Gasteiger partial charge on any atom is -0.486 e.